The first-order valence-electron chi connectivity index (χ1n) is 10.9. The number of methoxy groups -OCH3 is 1. The number of nitrogens with zero attached hydrogens (tertiary/aromatic N) is 1. The van der Waals surface area contributed by atoms with Crippen LogP contribution < -0.4 is 10.1 Å². The molecule has 1 aromatic carbocycles. The van der Waals surface area contributed by atoms with Crippen LogP contribution in [0.3, 0.4) is 0 Å². The van der Waals surface area contributed by atoms with E-state index in [0.717, 1.165) is 11.3 Å². The number of hydrogen-bond donors (Lipinski definition) is 1. The van der Waals surface area contributed by atoms with Crippen molar-refractivity contribution in [3.05, 3.63) is 39.9 Å². The van der Waals surface area contributed by atoms with Crippen LogP contribution in [0.25, 0.3) is 0 Å². The molecule has 0 radical (unpaired) electrons. The predicted molar refractivity (Wildman–Crippen MR) is 128 cm³/mol. The lowest BCUT2D eigenvalue weighted by Crippen LogP contribution is -2.48. The van der Waals surface area contributed by atoms with Crippen LogP contribution in [-0.4, -0.2) is 50.7 Å². The number of carbonyl (C=O) groups is 1. The fourth-order valence-corrected chi connectivity index (χ4v) is 4.31. The average molecular weight is 469 g/mol. The van der Waals surface area contributed by atoms with E-state index in [4.69, 9.17) is 13.9 Å². The van der Waals surface area contributed by atoms with Crippen LogP contribution in [0.4, 0.5) is 4.79 Å². The van der Waals surface area contributed by atoms with Gasteiger partial charge < -0.3 is 19.2 Å². The van der Waals surface area contributed by atoms with Crippen LogP contribution in [0, 0.1) is 10.1 Å². The van der Waals surface area contributed by atoms with Crippen LogP contribution in [0.15, 0.2) is 24.3 Å². The maximum Gasteiger partial charge on any atom is 0.407 e. The minimum Gasteiger partial charge on any atom is -0.497 e. The van der Waals surface area contributed by atoms with Crippen molar-refractivity contribution in [1.29, 1.82) is 0 Å². The summed E-state index contributed by atoms with van der Waals surface area (Å²) >= 11 is 0. The summed E-state index contributed by atoms with van der Waals surface area (Å²) in [4.78, 5) is 23.5. The smallest absolute Gasteiger partial charge is 0.407 e. The molecule has 0 fully saturated rings. The van der Waals surface area contributed by atoms with Gasteiger partial charge in [0.1, 0.15) is 17.5 Å². The number of alkyl carbamates (subject to hydrolysis) is 1. The van der Waals surface area contributed by atoms with E-state index in [0.29, 0.717) is 12.8 Å². The fraction of sp³-hybridized carbons (Fsp3) is 0.696. The van der Waals surface area contributed by atoms with Gasteiger partial charge in [-0.25, -0.2) is 4.79 Å². The van der Waals surface area contributed by atoms with Gasteiger partial charge in [-0.3, -0.25) is 10.1 Å². The van der Waals surface area contributed by atoms with Crippen molar-refractivity contribution in [2.24, 2.45) is 0 Å². The molecule has 0 heterocycles. The molecule has 1 aromatic rings. The summed E-state index contributed by atoms with van der Waals surface area (Å²) in [5.41, 5.74) is 0.325. The molecule has 0 aliphatic rings. The number of ether oxygens (including phenoxy) is 2. The number of amides is 1. The first kappa shape index (κ1) is 27.9. The molecule has 1 rings (SSSR count). The van der Waals surface area contributed by atoms with Gasteiger partial charge in [0.2, 0.25) is 6.54 Å². The van der Waals surface area contributed by atoms with Gasteiger partial charge in [0, 0.05) is 11.0 Å². The van der Waals surface area contributed by atoms with Crippen molar-refractivity contribution in [1.82, 2.24) is 5.32 Å². The topological polar surface area (TPSA) is 99.9 Å². The van der Waals surface area contributed by atoms with E-state index in [1.54, 1.807) is 27.9 Å². The minimum absolute atomic E-state index is 0.0913. The number of rotatable bonds is 10. The molecular weight excluding hydrogens is 428 g/mol. The Labute approximate surface area is 193 Å². The van der Waals surface area contributed by atoms with Gasteiger partial charge in [-0.05, 0) is 69.4 Å². The summed E-state index contributed by atoms with van der Waals surface area (Å²) in [6.07, 6.45) is -0.385. The van der Waals surface area contributed by atoms with Gasteiger partial charge in [0.15, 0.2) is 8.32 Å². The van der Waals surface area contributed by atoms with E-state index in [1.165, 1.54) is 0 Å². The van der Waals surface area contributed by atoms with Gasteiger partial charge in [0.25, 0.3) is 0 Å². The molecule has 1 N–H and O–H groups in total. The van der Waals surface area contributed by atoms with Gasteiger partial charge in [-0.15, -0.1) is 0 Å². The quantitative estimate of drug-likeness (QED) is 0.288. The molecule has 9 heteroatoms. The van der Waals surface area contributed by atoms with E-state index in [-0.39, 0.29) is 16.5 Å². The number of nitrogens with one attached hydrogen (secondary N) is 1. The highest BCUT2D eigenvalue weighted by molar-refractivity contribution is 6.74. The van der Waals surface area contributed by atoms with Gasteiger partial charge in [-0.1, -0.05) is 32.9 Å². The van der Waals surface area contributed by atoms with Crippen molar-refractivity contribution in [3.63, 3.8) is 0 Å². The van der Waals surface area contributed by atoms with Crippen LogP contribution in [0.2, 0.25) is 18.1 Å². The lowest BCUT2D eigenvalue weighted by atomic mass is 10.0. The molecule has 0 saturated carbocycles. The van der Waals surface area contributed by atoms with Gasteiger partial charge in [0.05, 0.1) is 7.11 Å². The normalized spacial score (nSPS) is 14.4. The second-order valence-corrected chi connectivity index (χ2v) is 15.4. The molecule has 8 nitrogen and oxygen atoms in total. The van der Waals surface area contributed by atoms with Crippen LogP contribution in [0.1, 0.15) is 53.5 Å². The van der Waals surface area contributed by atoms with Crippen molar-refractivity contribution >= 4 is 14.4 Å². The third-order valence-electron chi connectivity index (χ3n) is 5.53. The lowest BCUT2D eigenvalue weighted by molar-refractivity contribution is -0.489. The molecule has 32 heavy (non-hydrogen) atoms. The lowest BCUT2D eigenvalue weighted by Gasteiger charge is -2.39. The predicted octanol–water partition coefficient (Wildman–Crippen LogP) is 5.19. The van der Waals surface area contributed by atoms with Gasteiger partial charge >= 0.3 is 6.09 Å². The third kappa shape index (κ3) is 9.99. The Hall–Kier alpha value is -2.13. The Morgan fingerprint density at radius 3 is 2.12 bits per heavy atom. The van der Waals surface area contributed by atoms with Crippen molar-refractivity contribution < 1.29 is 23.6 Å². The highest BCUT2D eigenvalue weighted by Gasteiger charge is 2.40. The average Bonchev–Trinajstić information content (AvgIpc) is 2.58. The molecular formula is C23H40N2O6Si. The largest absolute Gasteiger partial charge is 0.497 e. The second kappa shape index (κ2) is 11.1. The van der Waals surface area contributed by atoms with E-state index >= 15 is 0 Å². The molecule has 0 saturated heterocycles. The van der Waals surface area contributed by atoms with E-state index in [9.17, 15) is 14.9 Å². The van der Waals surface area contributed by atoms with Crippen molar-refractivity contribution in [2.75, 3.05) is 13.7 Å². The summed E-state index contributed by atoms with van der Waals surface area (Å²) in [5.74, 6) is 0.734. The highest BCUT2D eigenvalue weighted by atomic mass is 28.4. The number of benzene rings is 1. The molecule has 0 unspecified atom stereocenters. The molecule has 182 valence electrons. The number of nitro groups is 1. The molecule has 0 spiro atoms. The summed E-state index contributed by atoms with van der Waals surface area (Å²) in [7, 11) is -0.650. The van der Waals surface area contributed by atoms with E-state index < -0.39 is 32.2 Å². The molecule has 0 aliphatic heterocycles. The Kier molecular flexibility index (Phi) is 9.71. The Balaban J connectivity index is 3.11. The number of hydrogen-bond acceptors (Lipinski definition) is 6. The van der Waals surface area contributed by atoms with Crippen LogP contribution >= 0.6 is 0 Å². The summed E-state index contributed by atoms with van der Waals surface area (Å²) in [6.45, 7) is 15.5. The standard InChI is InChI=1S/C23H40N2O6Si/c1-22(2,3)30-21(26)24-18(14-17-10-12-19(29-7)13-11-17)15-20(16-25(27)28)31-32(8,9)23(4,5)6/h10-13,18,20H,14-16H2,1-9H3,(H,24,26)/t18-,20+/m0/s1. The maximum absolute atomic E-state index is 12.5. The third-order valence-corrected chi connectivity index (χ3v) is 10.1. The second-order valence-electron chi connectivity index (χ2n) is 10.6. The minimum atomic E-state index is -2.25. The summed E-state index contributed by atoms with van der Waals surface area (Å²) in [6, 6.07) is 7.13. The molecule has 0 bridgehead atoms. The first-order valence-corrected chi connectivity index (χ1v) is 13.9. The first-order chi connectivity index (χ1) is 14.5. The molecule has 1 amide bonds. The zero-order valence-corrected chi connectivity index (χ0v) is 22.0. The SMILES string of the molecule is COc1ccc(C[C@@H](C[C@H](C[N+](=O)[O-])O[Si](C)(C)C(C)(C)C)NC(=O)OC(C)(C)C)cc1. The Morgan fingerprint density at radius 2 is 1.69 bits per heavy atom. The van der Waals surface area contributed by atoms with Crippen LogP contribution in [0.5, 0.6) is 5.75 Å². The Bertz CT molecular complexity index is 753. The highest BCUT2D eigenvalue weighted by Crippen LogP contribution is 2.37. The fourth-order valence-electron chi connectivity index (χ4n) is 2.95. The van der Waals surface area contributed by atoms with E-state index in [1.807, 2.05) is 24.3 Å². The molecule has 2 atom stereocenters. The summed E-state index contributed by atoms with van der Waals surface area (Å²) in [5, 5.41) is 14.2. The maximum atomic E-state index is 12.5. The zero-order valence-electron chi connectivity index (χ0n) is 21.0. The Morgan fingerprint density at radius 1 is 1.12 bits per heavy atom. The van der Waals surface area contributed by atoms with E-state index in [2.05, 4.69) is 39.2 Å². The monoisotopic (exact) mass is 468 g/mol. The van der Waals surface area contributed by atoms with Crippen molar-refractivity contribution in [2.45, 2.75) is 90.3 Å². The molecule has 0 aliphatic carbocycles. The number of carbonyl (C=O) groups excluding carboxylic acids is 1. The zero-order chi connectivity index (χ0) is 24.7. The van der Waals surface area contributed by atoms with Gasteiger partial charge in [-0.2, -0.15) is 0 Å². The van der Waals surface area contributed by atoms with Crippen molar-refractivity contribution in [3.8, 4) is 5.75 Å². The van der Waals surface area contributed by atoms with Crippen LogP contribution in [-0.2, 0) is 15.6 Å². The summed E-state index contributed by atoms with van der Waals surface area (Å²) < 4.78 is 17.0. The molecule has 0 aromatic heterocycles.